The van der Waals surface area contributed by atoms with Gasteiger partial charge < -0.3 is 16.0 Å². The van der Waals surface area contributed by atoms with Gasteiger partial charge in [-0.3, -0.25) is 9.59 Å². The van der Waals surface area contributed by atoms with E-state index in [0.717, 1.165) is 6.42 Å². The number of rotatable bonds is 6. The molecule has 1 unspecified atom stereocenters. The van der Waals surface area contributed by atoms with Crippen LogP contribution in [-0.4, -0.2) is 27.8 Å². The molecule has 126 valence electrons. The molecule has 2 rings (SSSR count). The Morgan fingerprint density at radius 2 is 1.67 bits per heavy atom. The van der Waals surface area contributed by atoms with Crippen LogP contribution in [0.4, 0.5) is 17.2 Å². The van der Waals surface area contributed by atoms with Gasteiger partial charge in [-0.15, -0.1) is 0 Å². The Bertz CT molecular complexity index is 698. The van der Waals surface area contributed by atoms with E-state index in [1.54, 1.807) is 30.5 Å². The largest absolute Gasteiger partial charge is 0.366 e. The molecule has 0 bridgehead atoms. The molecule has 24 heavy (non-hydrogen) atoms. The molecule has 0 aliphatic heterocycles. The summed E-state index contributed by atoms with van der Waals surface area (Å²) in [5, 5.41) is 8.59. The number of hydrogen-bond donors (Lipinski definition) is 3. The number of nitrogens with one attached hydrogen (secondary N) is 3. The minimum absolute atomic E-state index is 0.145. The van der Waals surface area contributed by atoms with Gasteiger partial charge in [0, 0.05) is 24.3 Å². The highest BCUT2D eigenvalue weighted by Gasteiger charge is 2.09. The number of carbonyl (C=O) groups excluding carboxylic acids is 2. The van der Waals surface area contributed by atoms with Crippen LogP contribution in [0.15, 0.2) is 36.7 Å². The van der Waals surface area contributed by atoms with Crippen LogP contribution in [0.3, 0.4) is 0 Å². The molecule has 1 heterocycles. The first-order valence-electron chi connectivity index (χ1n) is 7.75. The van der Waals surface area contributed by atoms with Crippen molar-refractivity contribution < 1.29 is 9.59 Å². The first-order chi connectivity index (χ1) is 11.5. The number of nitrogens with zero attached hydrogens (tertiary/aromatic N) is 2. The number of benzene rings is 1. The summed E-state index contributed by atoms with van der Waals surface area (Å²) in [5.41, 5.74) is 1.51. The van der Waals surface area contributed by atoms with Gasteiger partial charge in [0.05, 0.1) is 12.4 Å². The van der Waals surface area contributed by atoms with Crippen molar-refractivity contribution in [1.29, 1.82) is 0 Å². The van der Waals surface area contributed by atoms with Gasteiger partial charge in [0.2, 0.25) is 5.91 Å². The van der Waals surface area contributed by atoms with Gasteiger partial charge in [-0.1, -0.05) is 6.92 Å². The molecule has 2 amide bonds. The van der Waals surface area contributed by atoms with Crippen molar-refractivity contribution in [1.82, 2.24) is 9.97 Å². The molecule has 1 aromatic carbocycles. The van der Waals surface area contributed by atoms with Gasteiger partial charge in [0.15, 0.2) is 0 Å². The maximum absolute atomic E-state index is 12.2. The summed E-state index contributed by atoms with van der Waals surface area (Å²) in [6, 6.07) is 7.12. The second-order valence-electron chi connectivity index (χ2n) is 5.45. The van der Waals surface area contributed by atoms with E-state index >= 15 is 0 Å². The zero-order valence-corrected chi connectivity index (χ0v) is 14.0. The summed E-state index contributed by atoms with van der Waals surface area (Å²) in [4.78, 5) is 31.5. The Morgan fingerprint density at radius 1 is 1.04 bits per heavy atom. The molecule has 0 aliphatic rings. The van der Waals surface area contributed by atoms with E-state index in [2.05, 4.69) is 32.8 Å². The zero-order chi connectivity index (χ0) is 17.5. The highest BCUT2D eigenvalue weighted by atomic mass is 16.2. The third kappa shape index (κ3) is 5.05. The standard InChI is InChI=1S/C17H21N5O2/c1-4-11(2)20-16-10-18-15(9-19-16)17(24)22-14-7-5-13(6-8-14)21-12(3)23/h5-11H,4H2,1-3H3,(H,19,20)(H,21,23)(H,22,24). The van der Waals surface area contributed by atoms with Gasteiger partial charge >= 0.3 is 0 Å². The third-order valence-corrected chi connectivity index (χ3v) is 3.35. The summed E-state index contributed by atoms with van der Waals surface area (Å²) in [7, 11) is 0. The molecule has 0 saturated carbocycles. The lowest BCUT2D eigenvalue weighted by molar-refractivity contribution is -0.114. The second kappa shape index (κ2) is 8.05. The van der Waals surface area contributed by atoms with Crippen LogP contribution < -0.4 is 16.0 Å². The highest BCUT2D eigenvalue weighted by Crippen LogP contribution is 2.14. The Morgan fingerprint density at radius 3 is 2.17 bits per heavy atom. The molecule has 0 saturated heterocycles. The zero-order valence-electron chi connectivity index (χ0n) is 14.0. The first-order valence-corrected chi connectivity index (χ1v) is 7.75. The lowest BCUT2D eigenvalue weighted by atomic mass is 10.2. The minimum atomic E-state index is -0.343. The van der Waals surface area contributed by atoms with Crippen molar-refractivity contribution in [2.24, 2.45) is 0 Å². The number of carbonyl (C=O) groups is 2. The summed E-state index contributed by atoms with van der Waals surface area (Å²) in [6.07, 6.45) is 3.95. The highest BCUT2D eigenvalue weighted by molar-refractivity contribution is 6.02. The molecular weight excluding hydrogens is 306 g/mol. The van der Waals surface area contributed by atoms with Crippen LogP contribution in [-0.2, 0) is 4.79 Å². The number of hydrogen-bond acceptors (Lipinski definition) is 5. The number of anilines is 3. The van der Waals surface area contributed by atoms with Crippen LogP contribution in [0.1, 0.15) is 37.7 Å². The average molecular weight is 327 g/mol. The lowest BCUT2D eigenvalue weighted by Gasteiger charge is -2.11. The van der Waals surface area contributed by atoms with Crippen molar-refractivity contribution in [3.63, 3.8) is 0 Å². The van der Waals surface area contributed by atoms with E-state index in [4.69, 9.17) is 0 Å². The van der Waals surface area contributed by atoms with Crippen molar-refractivity contribution >= 4 is 29.0 Å². The van der Waals surface area contributed by atoms with E-state index in [0.29, 0.717) is 23.2 Å². The van der Waals surface area contributed by atoms with E-state index in [-0.39, 0.29) is 17.5 Å². The average Bonchev–Trinajstić information content (AvgIpc) is 2.56. The summed E-state index contributed by atoms with van der Waals surface area (Å²) >= 11 is 0. The van der Waals surface area contributed by atoms with Crippen LogP contribution in [0.25, 0.3) is 0 Å². The van der Waals surface area contributed by atoms with Crippen LogP contribution >= 0.6 is 0 Å². The van der Waals surface area contributed by atoms with E-state index in [9.17, 15) is 9.59 Å². The molecule has 7 heteroatoms. The number of amides is 2. The summed E-state index contributed by atoms with van der Waals surface area (Å²) < 4.78 is 0. The molecule has 3 N–H and O–H groups in total. The molecule has 0 fully saturated rings. The van der Waals surface area contributed by atoms with Crippen LogP contribution in [0.5, 0.6) is 0 Å². The van der Waals surface area contributed by atoms with E-state index in [1.807, 2.05) is 6.92 Å². The maximum Gasteiger partial charge on any atom is 0.275 e. The predicted octanol–water partition coefficient (Wildman–Crippen LogP) is 2.90. The summed E-state index contributed by atoms with van der Waals surface area (Å²) in [5.74, 6) is 0.151. The molecular formula is C17H21N5O2. The Labute approximate surface area is 140 Å². The molecule has 7 nitrogen and oxygen atoms in total. The van der Waals surface area contributed by atoms with Crippen molar-refractivity contribution in [3.8, 4) is 0 Å². The van der Waals surface area contributed by atoms with Gasteiger partial charge in [0.25, 0.3) is 5.91 Å². The van der Waals surface area contributed by atoms with Gasteiger partial charge in [-0.25, -0.2) is 9.97 Å². The minimum Gasteiger partial charge on any atom is -0.366 e. The van der Waals surface area contributed by atoms with Crippen molar-refractivity contribution in [2.45, 2.75) is 33.2 Å². The molecule has 0 spiro atoms. The molecule has 1 atom stereocenters. The molecule has 1 aromatic heterocycles. The quantitative estimate of drug-likeness (QED) is 0.758. The molecule has 0 radical (unpaired) electrons. The maximum atomic E-state index is 12.2. The number of aromatic nitrogens is 2. The van der Waals surface area contributed by atoms with Crippen LogP contribution in [0.2, 0.25) is 0 Å². The first kappa shape index (κ1) is 17.4. The Kier molecular flexibility index (Phi) is 5.83. The topological polar surface area (TPSA) is 96.0 Å². The van der Waals surface area contributed by atoms with E-state index in [1.165, 1.54) is 13.1 Å². The monoisotopic (exact) mass is 327 g/mol. The van der Waals surface area contributed by atoms with Gasteiger partial charge in [-0.05, 0) is 37.6 Å². The predicted molar refractivity (Wildman–Crippen MR) is 94.1 cm³/mol. The van der Waals surface area contributed by atoms with Gasteiger partial charge in [-0.2, -0.15) is 0 Å². The fourth-order valence-corrected chi connectivity index (χ4v) is 1.91. The van der Waals surface area contributed by atoms with Gasteiger partial charge in [0.1, 0.15) is 11.5 Å². The molecule has 0 aliphatic carbocycles. The Hall–Kier alpha value is -2.96. The normalized spacial score (nSPS) is 11.5. The SMILES string of the molecule is CCC(C)Nc1cnc(C(=O)Nc2ccc(NC(C)=O)cc2)cn1. The summed E-state index contributed by atoms with van der Waals surface area (Å²) in [6.45, 7) is 5.56. The second-order valence-corrected chi connectivity index (χ2v) is 5.45. The van der Waals surface area contributed by atoms with Crippen molar-refractivity contribution in [2.75, 3.05) is 16.0 Å². The fraction of sp³-hybridized carbons (Fsp3) is 0.294. The fourth-order valence-electron chi connectivity index (χ4n) is 1.91. The smallest absolute Gasteiger partial charge is 0.275 e. The van der Waals surface area contributed by atoms with Crippen LogP contribution in [0, 0.1) is 0 Å². The van der Waals surface area contributed by atoms with E-state index < -0.39 is 0 Å². The molecule has 2 aromatic rings. The third-order valence-electron chi connectivity index (χ3n) is 3.35. The lowest BCUT2D eigenvalue weighted by Crippen LogP contribution is -2.17. The van der Waals surface area contributed by atoms with Crippen molar-refractivity contribution in [3.05, 3.63) is 42.4 Å². The Balaban J connectivity index is 1.97.